The molecule has 0 fully saturated rings. The van der Waals surface area contributed by atoms with E-state index in [2.05, 4.69) is 25.4 Å². The number of ether oxygens (including phenoxy) is 2. The minimum Gasteiger partial charge on any atom is -0.461 e. The Kier molecular flexibility index (Phi) is 4.49. The first-order chi connectivity index (χ1) is 9.56. The van der Waals surface area contributed by atoms with Gasteiger partial charge in [-0.25, -0.2) is 5.84 Å². The highest BCUT2D eigenvalue weighted by Gasteiger charge is 2.10. The van der Waals surface area contributed by atoms with E-state index in [0.29, 0.717) is 10.8 Å². The van der Waals surface area contributed by atoms with Gasteiger partial charge in [0, 0.05) is 12.3 Å². The van der Waals surface area contributed by atoms with Crippen LogP contribution in [0.5, 0.6) is 17.8 Å². The summed E-state index contributed by atoms with van der Waals surface area (Å²) in [6.07, 6.45) is 2.87. The maximum Gasteiger partial charge on any atom is 0.330 e. The smallest absolute Gasteiger partial charge is 0.330 e. The number of anilines is 1. The van der Waals surface area contributed by atoms with Crippen LogP contribution in [0.25, 0.3) is 0 Å². The summed E-state index contributed by atoms with van der Waals surface area (Å²) in [4.78, 5) is 15.8. The van der Waals surface area contributed by atoms with E-state index in [4.69, 9.17) is 26.9 Å². The number of halogens is 1. The highest BCUT2D eigenvalue weighted by atomic mass is 35.5. The standard InChI is InChI=1S/C11H13ClN6O2/c1-6(2)19-10-15-9(18-13)16-11(17-10)20-8-3-7(12)4-14-5-8/h3-6H,13H2,1-2H3,(H,15,16,17,18). The molecule has 106 valence electrons. The first-order valence-corrected chi connectivity index (χ1v) is 6.12. The Hall–Kier alpha value is -2.19. The monoisotopic (exact) mass is 296 g/mol. The molecule has 0 amide bonds. The van der Waals surface area contributed by atoms with Crippen LogP contribution in [0.3, 0.4) is 0 Å². The van der Waals surface area contributed by atoms with E-state index in [1.807, 2.05) is 13.8 Å². The third kappa shape index (κ3) is 3.90. The molecule has 20 heavy (non-hydrogen) atoms. The molecule has 9 heteroatoms. The molecule has 0 aromatic carbocycles. The van der Waals surface area contributed by atoms with Gasteiger partial charge in [0.25, 0.3) is 0 Å². The lowest BCUT2D eigenvalue weighted by atomic mass is 10.5. The Morgan fingerprint density at radius 3 is 2.60 bits per heavy atom. The average molecular weight is 297 g/mol. The van der Waals surface area contributed by atoms with Crippen molar-refractivity contribution in [1.82, 2.24) is 19.9 Å². The molecule has 0 radical (unpaired) electrons. The van der Waals surface area contributed by atoms with E-state index in [0.717, 1.165) is 0 Å². The lowest BCUT2D eigenvalue weighted by molar-refractivity contribution is 0.218. The molecule has 0 aliphatic rings. The molecule has 0 bridgehead atoms. The number of hydrazine groups is 1. The Bertz CT molecular complexity index is 595. The summed E-state index contributed by atoms with van der Waals surface area (Å²) in [5.41, 5.74) is 2.31. The van der Waals surface area contributed by atoms with Crippen molar-refractivity contribution in [2.45, 2.75) is 20.0 Å². The lowest BCUT2D eigenvalue weighted by Crippen LogP contribution is -2.14. The second-order valence-electron chi connectivity index (χ2n) is 3.98. The quantitative estimate of drug-likeness (QED) is 0.635. The van der Waals surface area contributed by atoms with Crippen LogP contribution in [0.1, 0.15) is 13.8 Å². The van der Waals surface area contributed by atoms with E-state index in [1.165, 1.54) is 12.4 Å². The summed E-state index contributed by atoms with van der Waals surface area (Å²) in [6, 6.07) is 1.71. The van der Waals surface area contributed by atoms with Gasteiger partial charge in [-0.15, -0.1) is 4.98 Å². The largest absolute Gasteiger partial charge is 0.461 e. The van der Waals surface area contributed by atoms with Crippen molar-refractivity contribution in [2.75, 3.05) is 5.43 Å². The second kappa shape index (κ2) is 6.31. The van der Waals surface area contributed by atoms with Gasteiger partial charge in [-0.1, -0.05) is 11.6 Å². The predicted octanol–water partition coefficient (Wildman–Crippen LogP) is 1.79. The van der Waals surface area contributed by atoms with Gasteiger partial charge in [0.2, 0.25) is 5.95 Å². The number of nitrogen functional groups attached to an aromatic ring is 1. The Balaban J connectivity index is 2.26. The molecule has 2 aromatic heterocycles. The number of aromatic nitrogens is 4. The van der Waals surface area contributed by atoms with E-state index >= 15 is 0 Å². The fourth-order valence-corrected chi connectivity index (χ4v) is 1.43. The molecule has 0 atom stereocenters. The number of nitrogens with zero attached hydrogens (tertiary/aromatic N) is 4. The summed E-state index contributed by atoms with van der Waals surface area (Å²) in [5.74, 6) is 5.81. The van der Waals surface area contributed by atoms with Crippen LogP contribution in [0, 0.1) is 0 Å². The summed E-state index contributed by atoms with van der Waals surface area (Å²) in [5, 5.41) is 0.437. The molecule has 3 N–H and O–H groups in total. The van der Waals surface area contributed by atoms with Crippen molar-refractivity contribution in [3.05, 3.63) is 23.5 Å². The highest BCUT2D eigenvalue weighted by Crippen LogP contribution is 2.22. The van der Waals surface area contributed by atoms with Crippen LogP contribution < -0.4 is 20.7 Å². The van der Waals surface area contributed by atoms with Gasteiger partial charge in [-0.3, -0.25) is 10.4 Å². The minimum atomic E-state index is -0.0938. The van der Waals surface area contributed by atoms with Crippen molar-refractivity contribution in [3.63, 3.8) is 0 Å². The molecular weight excluding hydrogens is 284 g/mol. The van der Waals surface area contributed by atoms with E-state index in [-0.39, 0.29) is 24.1 Å². The number of hydrogen-bond acceptors (Lipinski definition) is 8. The minimum absolute atomic E-state index is 0.0210. The van der Waals surface area contributed by atoms with Gasteiger partial charge in [-0.2, -0.15) is 9.97 Å². The lowest BCUT2D eigenvalue weighted by Gasteiger charge is -2.10. The molecule has 0 unspecified atom stereocenters. The molecule has 0 saturated carbocycles. The Morgan fingerprint density at radius 2 is 1.95 bits per heavy atom. The van der Waals surface area contributed by atoms with Crippen molar-refractivity contribution in [2.24, 2.45) is 5.84 Å². The third-order valence-electron chi connectivity index (χ3n) is 1.95. The normalized spacial score (nSPS) is 10.4. The van der Waals surface area contributed by atoms with Gasteiger partial charge in [0.1, 0.15) is 0 Å². The van der Waals surface area contributed by atoms with Crippen molar-refractivity contribution in [1.29, 1.82) is 0 Å². The Morgan fingerprint density at radius 1 is 1.20 bits per heavy atom. The number of nitrogens with one attached hydrogen (secondary N) is 1. The van der Waals surface area contributed by atoms with Crippen molar-refractivity contribution >= 4 is 17.5 Å². The molecule has 0 saturated heterocycles. The van der Waals surface area contributed by atoms with Crippen LogP contribution in [-0.2, 0) is 0 Å². The predicted molar refractivity (Wildman–Crippen MR) is 72.7 cm³/mol. The van der Waals surface area contributed by atoms with Gasteiger partial charge < -0.3 is 9.47 Å². The topological polar surface area (TPSA) is 108 Å². The fraction of sp³-hybridized carbons (Fsp3) is 0.273. The Labute approximate surface area is 120 Å². The number of rotatable bonds is 5. The first-order valence-electron chi connectivity index (χ1n) is 5.74. The summed E-state index contributed by atoms with van der Waals surface area (Å²) >= 11 is 5.82. The van der Waals surface area contributed by atoms with Gasteiger partial charge >= 0.3 is 12.0 Å². The van der Waals surface area contributed by atoms with Crippen molar-refractivity contribution < 1.29 is 9.47 Å². The second-order valence-corrected chi connectivity index (χ2v) is 4.41. The number of hydrogen-bond donors (Lipinski definition) is 2. The van der Waals surface area contributed by atoms with Crippen LogP contribution in [0.4, 0.5) is 5.95 Å². The van der Waals surface area contributed by atoms with Gasteiger partial charge in [-0.05, 0) is 13.8 Å². The molecular formula is C11H13ClN6O2. The molecule has 8 nitrogen and oxygen atoms in total. The first kappa shape index (κ1) is 14.2. The fourth-order valence-electron chi connectivity index (χ4n) is 1.27. The highest BCUT2D eigenvalue weighted by molar-refractivity contribution is 6.30. The van der Waals surface area contributed by atoms with Crippen LogP contribution in [0.15, 0.2) is 18.5 Å². The van der Waals surface area contributed by atoms with E-state index in [9.17, 15) is 0 Å². The number of nitrogens with two attached hydrogens (primary N) is 1. The summed E-state index contributed by atoms with van der Waals surface area (Å²) < 4.78 is 10.8. The van der Waals surface area contributed by atoms with Crippen molar-refractivity contribution in [3.8, 4) is 17.8 Å². The van der Waals surface area contributed by atoms with Crippen LogP contribution >= 0.6 is 11.6 Å². The average Bonchev–Trinajstić information content (AvgIpc) is 2.37. The zero-order valence-electron chi connectivity index (χ0n) is 10.9. The maximum absolute atomic E-state index is 5.82. The zero-order valence-corrected chi connectivity index (χ0v) is 11.6. The van der Waals surface area contributed by atoms with E-state index in [1.54, 1.807) is 6.07 Å². The molecule has 0 aliphatic carbocycles. The molecule has 0 aliphatic heterocycles. The molecule has 2 rings (SSSR count). The summed E-state index contributed by atoms with van der Waals surface area (Å²) in [6.45, 7) is 3.70. The third-order valence-corrected chi connectivity index (χ3v) is 2.16. The van der Waals surface area contributed by atoms with E-state index < -0.39 is 0 Å². The summed E-state index contributed by atoms with van der Waals surface area (Å²) in [7, 11) is 0. The van der Waals surface area contributed by atoms with Gasteiger partial charge in [0.05, 0.1) is 17.3 Å². The van der Waals surface area contributed by atoms with Crippen LogP contribution in [0.2, 0.25) is 5.02 Å². The SMILES string of the molecule is CC(C)Oc1nc(NN)nc(Oc2cncc(Cl)c2)n1. The number of pyridine rings is 1. The molecule has 2 heterocycles. The molecule has 2 aromatic rings. The van der Waals surface area contributed by atoms with Crippen LogP contribution in [-0.4, -0.2) is 26.0 Å². The molecule has 0 spiro atoms. The zero-order chi connectivity index (χ0) is 14.5. The maximum atomic E-state index is 5.82. The van der Waals surface area contributed by atoms with Gasteiger partial charge in [0.15, 0.2) is 5.75 Å².